The Kier molecular flexibility index (Phi) is 7.40. The first-order chi connectivity index (χ1) is 14.8. The van der Waals surface area contributed by atoms with Gasteiger partial charge in [0.1, 0.15) is 11.6 Å². The third-order valence-corrected chi connectivity index (χ3v) is 5.10. The zero-order valence-corrected chi connectivity index (χ0v) is 18.2. The molecule has 166 valence electrons. The molecule has 0 aliphatic heterocycles. The molecule has 0 spiro atoms. The van der Waals surface area contributed by atoms with Crippen LogP contribution in [0.15, 0.2) is 46.0 Å². The molecule has 3 rings (SSSR count). The van der Waals surface area contributed by atoms with Crippen LogP contribution in [-0.4, -0.2) is 48.9 Å². The Morgan fingerprint density at radius 1 is 1.26 bits per heavy atom. The van der Waals surface area contributed by atoms with Crippen LogP contribution >= 0.6 is 0 Å². The van der Waals surface area contributed by atoms with E-state index in [1.807, 2.05) is 6.92 Å². The van der Waals surface area contributed by atoms with E-state index in [1.165, 1.54) is 18.2 Å². The third kappa shape index (κ3) is 6.92. The van der Waals surface area contributed by atoms with Crippen molar-refractivity contribution in [2.24, 2.45) is 4.99 Å². The minimum atomic E-state index is -3.25. The number of aromatic nitrogens is 3. The Labute approximate surface area is 180 Å². The molecule has 2 heterocycles. The summed E-state index contributed by atoms with van der Waals surface area (Å²) in [5, 5.41) is 13.3. The number of nitrogens with one attached hydrogen (secondary N) is 3. The number of H-pyrrole nitrogens is 1. The molecule has 0 unspecified atom stereocenters. The Hall–Kier alpha value is -3.21. The fraction of sp³-hybridized carbons (Fsp3) is 0.350. The van der Waals surface area contributed by atoms with Crippen molar-refractivity contribution in [1.29, 1.82) is 0 Å². The van der Waals surface area contributed by atoms with Crippen molar-refractivity contribution in [3.63, 3.8) is 0 Å². The lowest BCUT2D eigenvalue weighted by Crippen LogP contribution is -2.38. The lowest BCUT2D eigenvalue weighted by molar-refractivity contribution is 0.577. The second kappa shape index (κ2) is 10.2. The molecule has 0 aliphatic rings. The van der Waals surface area contributed by atoms with E-state index in [2.05, 4.69) is 30.8 Å². The van der Waals surface area contributed by atoms with Gasteiger partial charge in [-0.25, -0.2) is 22.8 Å². The molecule has 3 N–H and O–H groups in total. The molecule has 0 atom stereocenters. The van der Waals surface area contributed by atoms with Gasteiger partial charge in [0.05, 0.1) is 18.6 Å². The quantitative estimate of drug-likeness (QED) is 0.338. The van der Waals surface area contributed by atoms with Crippen molar-refractivity contribution in [2.45, 2.75) is 25.6 Å². The maximum absolute atomic E-state index is 13.7. The molecular formula is C20H25FN6O3S. The number of hydrogen-bond donors (Lipinski definition) is 3. The lowest BCUT2D eigenvalue weighted by Gasteiger charge is -2.12. The van der Waals surface area contributed by atoms with Crippen LogP contribution in [0.3, 0.4) is 0 Å². The average molecular weight is 449 g/mol. The summed E-state index contributed by atoms with van der Waals surface area (Å²) >= 11 is 0. The van der Waals surface area contributed by atoms with Gasteiger partial charge in [-0.15, -0.1) is 0 Å². The van der Waals surface area contributed by atoms with Crippen LogP contribution in [0.4, 0.5) is 4.39 Å². The molecule has 0 amide bonds. The monoisotopic (exact) mass is 448 g/mol. The van der Waals surface area contributed by atoms with Crippen LogP contribution in [0.25, 0.3) is 11.6 Å². The van der Waals surface area contributed by atoms with Crippen LogP contribution in [0.5, 0.6) is 0 Å². The molecular weight excluding hydrogens is 423 g/mol. The molecule has 0 bridgehead atoms. The minimum absolute atomic E-state index is 0.142. The largest absolute Gasteiger partial charge is 0.461 e. The Morgan fingerprint density at radius 2 is 2.10 bits per heavy atom. The highest BCUT2D eigenvalue weighted by atomic mass is 32.2. The standard InChI is InChI=1S/C20H25FN6O3S/c1-3-22-20(23-9-8-18-25-19(27-26-18)17-5-4-10-30-17)24-12-15-11-16(21)7-6-14(15)13-31(2,28)29/h4-7,10-11H,3,8-9,12-13H2,1-2H3,(H2,22,23,24)(H,25,26,27). The second-order valence-corrected chi connectivity index (χ2v) is 9.08. The first-order valence-electron chi connectivity index (χ1n) is 9.76. The van der Waals surface area contributed by atoms with Crippen molar-refractivity contribution in [2.75, 3.05) is 19.3 Å². The van der Waals surface area contributed by atoms with Gasteiger partial charge in [0.15, 0.2) is 21.6 Å². The summed E-state index contributed by atoms with van der Waals surface area (Å²) in [5.74, 6) is 1.71. The minimum Gasteiger partial charge on any atom is -0.461 e. The maximum Gasteiger partial charge on any atom is 0.216 e. The van der Waals surface area contributed by atoms with Gasteiger partial charge in [-0.1, -0.05) is 6.07 Å². The highest BCUT2D eigenvalue weighted by Gasteiger charge is 2.11. The van der Waals surface area contributed by atoms with Crippen LogP contribution in [0, 0.1) is 5.82 Å². The molecule has 9 nitrogen and oxygen atoms in total. The van der Waals surface area contributed by atoms with Crippen LogP contribution in [-0.2, 0) is 28.6 Å². The Morgan fingerprint density at radius 3 is 2.81 bits per heavy atom. The summed E-state index contributed by atoms with van der Waals surface area (Å²) < 4.78 is 42.3. The number of sulfone groups is 1. The summed E-state index contributed by atoms with van der Waals surface area (Å²) in [5.41, 5.74) is 1.07. The van der Waals surface area contributed by atoms with Crippen molar-refractivity contribution in [1.82, 2.24) is 25.8 Å². The lowest BCUT2D eigenvalue weighted by atomic mass is 10.1. The number of hydrogen-bond acceptors (Lipinski definition) is 6. The number of rotatable bonds is 9. The number of guanidine groups is 1. The number of benzene rings is 1. The van der Waals surface area contributed by atoms with Gasteiger partial charge in [0.25, 0.3) is 0 Å². The summed E-state index contributed by atoms with van der Waals surface area (Å²) in [4.78, 5) is 8.85. The highest BCUT2D eigenvalue weighted by Crippen LogP contribution is 2.16. The molecule has 31 heavy (non-hydrogen) atoms. The van der Waals surface area contributed by atoms with Gasteiger partial charge in [0.2, 0.25) is 5.82 Å². The van der Waals surface area contributed by atoms with Gasteiger partial charge in [-0.2, -0.15) is 5.10 Å². The van der Waals surface area contributed by atoms with Gasteiger partial charge in [-0.3, -0.25) is 5.10 Å². The Bertz CT molecular complexity index is 1130. The molecule has 3 aromatic rings. The fourth-order valence-corrected chi connectivity index (χ4v) is 3.74. The summed E-state index contributed by atoms with van der Waals surface area (Å²) in [6.45, 7) is 3.23. The predicted octanol–water partition coefficient (Wildman–Crippen LogP) is 2.05. The third-order valence-electron chi connectivity index (χ3n) is 4.27. The van der Waals surface area contributed by atoms with Gasteiger partial charge < -0.3 is 15.1 Å². The van der Waals surface area contributed by atoms with E-state index in [9.17, 15) is 12.8 Å². The predicted molar refractivity (Wildman–Crippen MR) is 116 cm³/mol. The van der Waals surface area contributed by atoms with Gasteiger partial charge in [-0.05, 0) is 42.3 Å². The zero-order valence-electron chi connectivity index (χ0n) is 17.4. The maximum atomic E-state index is 13.7. The number of furan rings is 1. The molecule has 0 fully saturated rings. The van der Waals surface area contributed by atoms with E-state index in [0.29, 0.717) is 54.0 Å². The van der Waals surface area contributed by atoms with E-state index >= 15 is 0 Å². The van der Waals surface area contributed by atoms with Gasteiger partial charge in [0, 0.05) is 25.8 Å². The molecule has 1 aromatic carbocycles. The highest BCUT2D eigenvalue weighted by molar-refractivity contribution is 7.89. The normalized spacial score (nSPS) is 12.2. The van der Waals surface area contributed by atoms with Crippen molar-refractivity contribution in [3.8, 4) is 11.6 Å². The summed E-state index contributed by atoms with van der Waals surface area (Å²) in [7, 11) is -3.25. The van der Waals surface area contributed by atoms with E-state index in [4.69, 9.17) is 4.42 Å². The fourth-order valence-electron chi connectivity index (χ4n) is 2.89. The summed E-state index contributed by atoms with van der Waals surface area (Å²) in [6, 6.07) is 7.61. The van der Waals surface area contributed by atoms with E-state index in [-0.39, 0.29) is 12.3 Å². The second-order valence-electron chi connectivity index (χ2n) is 6.94. The Balaban J connectivity index is 1.62. The van der Waals surface area contributed by atoms with Crippen molar-refractivity contribution < 1.29 is 17.2 Å². The van der Waals surface area contributed by atoms with Crippen LogP contribution < -0.4 is 10.6 Å². The van der Waals surface area contributed by atoms with E-state index in [1.54, 1.807) is 18.4 Å². The van der Waals surface area contributed by atoms with E-state index in [0.717, 1.165) is 6.26 Å². The molecule has 2 aromatic heterocycles. The van der Waals surface area contributed by atoms with Crippen LogP contribution in [0.2, 0.25) is 0 Å². The number of aliphatic imine (C=N–C) groups is 1. The van der Waals surface area contributed by atoms with Crippen LogP contribution in [0.1, 0.15) is 23.9 Å². The average Bonchev–Trinajstić information content (AvgIpc) is 3.38. The molecule has 0 saturated carbocycles. The summed E-state index contributed by atoms with van der Waals surface area (Å²) in [6.07, 6.45) is 3.28. The number of nitrogens with zero attached hydrogens (tertiary/aromatic N) is 3. The molecule has 0 aliphatic carbocycles. The number of aromatic amines is 1. The first kappa shape index (κ1) is 22.5. The van der Waals surface area contributed by atoms with Gasteiger partial charge >= 0.3 is 0 Å². The molecule has 0 saturated heterocycles. The van der Waals surface area contributed by atoms with Crippen molar-refractivity contribution >= 4 is 15.8 Å². The SMILES string of the molecule is CCNC(=NCc1cc(F)ccc1CS(C)(=O)=O)NCCc1nc(-c2ccco2)n[nH]1. The smallest absolute Gasteiger partial charge is 0.216 e. The molecule has 0 radical (unpaired) electrons. The molecule has 11 heteroatoms. The van der Waals surface area contributed by atoms with Crippen molar-refractivity contribution in [3.05, 3.63) is 59.4 Å². The number of halogens is 1. The zero-order chi connectivity index (χ0) is 22.3. The topological polar surface area (TPSA) is 125 Å². The first-order valence-corrected chi connectivity index (χ1v) is 11.8. The van der Waals surface area contributed by atoms with E-state index < -0.39 is 15.7 Å².